The zero-order chi connectivity index (χ0) is 15.6. The van der Waals surface area contributed by atoms with Gasteiger partial charge in [0.25, 0.3) is 5.91 Å². The molecule has 1 aliphatic rings. The molecule has 116 valence electrons. The maximum atomic E-state index is 12.2. The minimum atomic E-state index is -4.04. The highest BCUT2D eigenvalue weighted by molar-refractivity contribution is 7.89. The lowest BCUT2D eigenvalue weighted by atomic mass is 9.93. The van der Waals surface area contributed by atoms with Gasteiger partial charge >= 0.3 is 0 Å². The largest absolute Gasteiger partial charge is 0.493 e. The first kappa shape index (κ1) is 15.6. The maximum absolute atomic E-state index is 12.2. The minimum Gasteiger partial charge on any atom is -0.493 e. The molecule has 0 atom stereocenters. The number of nitrogens with one attached hydrogen (secondary N) is 1. The lowest BCUT2D eigenvalue weighted by molar-refractivity contribution is 0.0916. The van der Waals surface area contributed by atoms with Crippen LogP contribution in [0.5, 0.6) is 11.5 Å². The van der Waals surface area contributed by atoms with E-state index in [9.17, 15) is 13.2 Å². The van der Waals surface area contributed by atoms with Gasteiger partial charge in [-0.1, -0.05) is 0 Å². The van der Waals surface area contributed by atoms with Crippen molar-refractivity contribution in [2.45, 2.75) is 30.2 Å². The third kappa shape index (κ3) is 3.27. The Balaban J connectivity index is 2.44. The predicted molar refractivity (Wildman–Crippen MR) is 76.0 cm³/mol. The summed E-state index contributed by atoms with van der Waals surface area (Å²) in [6.07, 6.45) is 2.95. The Morgan fingerprint density at radius 2 is 1.95 bits per heavy atom. The molecule has 0 unspecified atom stereocenters. The summed E-state index contributed by atoms with van der Waals surface area (Å²) in [6, 6.07) is 2.77. The highest BCUT2D eigenvalue weighted by Crippen LogP contribution is 2.35. The van der Waals surface area contributed by atoms with Crippen molar-refractivity contribution in [1.82, 2.24) is 5.32 Å². The molecular formula is C13H18N2O5S. The first-order valence-corrected chi connectivity index (χ1v) is 8.01. The van der Waals surface area contributed by atoms with Crippen LogP contribution in [0.25, 0.3) is 0 Å². The number of nitrogens with two attached hydrogens (primary N) is 1. The molecule has 2 rings (SSSR count). The van der Waals surface area contributed by atoms with Gasteiger partial charge in [-0.25, -0.2) is 13.6 Å². The second-order valence-electron chi connectivity index (χ2n) is 4.86. The van der Waals surface area contributed by atoms with E-state index in [-0.39, 0.29) is 33.9 Å². The minimum absolute atomic E-state index is 0.0137. The third-order valence-electron chi connectivity index (χ3n) is 3.45. The number of carbonyl (C=O) groups excluding carboxylic acids is 1. The van der Waals surface area contributed by atoms with Crippen molar-refractivity contribution in [2.75, 3.05) is 14.2 Å². The number of methoxy groups -OCH3 is 2. The molecule has 0 saturated heterocycles. The van der Waals surface area contributed by atoms with Crippen molar-refractivity contribution in [3.63, 3.8) is 0 Å². The number of primary sulfonamides is 1. The molecule has 1 aliphatic carbocycles. The van der Waals surface area contributed by atoms with Crippen LogP contribution in [0.15, 0.2) is 17.0 Å². The van der Waals surface area contributed by atoms with Gasteiger partial charge in [-0.05, 0) is 31.4 Å². The molecule has 1 amide bonds. The highest BCUT2D eigenvalue weighted by Gasteiger charge is 2.25. The predicted octanol–water partition coefficient (Wildman–Crippen LogP) is 0.634. The van der Waals surface area contributed by atoms with Gasteiger partial charge in [-0.2, -0.15) is 0 Å². The second kappa shape index (κ2) is 5.90. The summed E-state index contributed by atoms with van der Waals surface area (Å²) in [4.78, 5) is 11.9. The molecule has 3 N–H and O–H groups in total. The molecule has 1 aromatic carbocycles. The van der Waals surface area contributed by atoms with Crippen molar-refractivity contribution < 1.29 is 22.7 Å². The fourth-order valence-corrected chi connectivity index (χ4v) is 2.83. The highest BCUT2D eigenvalue weighted by atomic mass is 32.2. The molecule has 0 aliphatic heterocycles. The van der Waals surface area contributed by atoms with E-state index in [4.69, 9.17) is 14.6 Å². The van der Waals surface area contributed by atoms with E-state index in [2.05, 4.69) is 5.32 Å². The molecule has 0 bridgehead atoms. The van der Waals surface area contributed by atoms with Crippen molar-refractivity contribution in [1.29, 1.82) is 0 Å². The topological polar surface area (TPSA) is 108 Å². The van der Waals surface area contributed by atoms with E-state index >= 15 is 0 Å². The summed E-state index contributed by atoms with van der Waals surface area (Å²) in [6.45, 7) is 0. The van der Waals surface area contributed by atoms with Crippen molar-refractivity contribution in [3.8, 4) is 11.5 Å². The number of sulfonamides is 1. The van der Waals surface area contributed by atoms with Crippen molar-refractivity contribution in [3.05, 3.63) is 17.7 Å². The van der Waals surface area contributed by atoms with Crippen LogP contribution < -0.4 is 19.9 Å². The Bertz CT molecular complexity index is 653. The number of ether oxygens (including phenoxy) is 2. The average Bonchev–Trinajstić information content (AvgIpc) is 2.39. The number of benzene rings is 1. The van der Waals surface area contributed by atoms with Crippen LogP contribution in [0, 0.1) is 0 Å². The van der Waals surface area contributed by atoms with Gasteiger partial charge in [-0.15, -0.1) is 0 Å². The molecule has 0 heterocycles. The molecule has 1 aromatic rings. The quantitative estimate of drug-likeness (QED) is 0.829. The van der Waals surface area contributed by atoms with E-state index in [1.807, 2.05) is 0 Å². The number of rotatable bonds is 5. The Morgan fingerprint density at radius 3 is 2.38 bits per heavy atom. The molecule has 21 heavy (non-hydrogen) atoms. The molecule has 7 nitrogen and oxygen atoms in total. The average molecular weight is 314 g/mol. The lowest BCUT2D eigenvalue weighted by Gasteiger charge is -2.26. The van der Waals surface area contributed by atoms with Crippen molar-refractivity contribution in [2.24, 2.45) is 5.14 Å². The van der Waals surface area contributed by atoms with E-state index in [0.717, 1.165) is 19.3 Å². The summed E-state index contributed by atoms with van der Waals surface area (Å²) in [7, 11) is -1.37. The summed E-state index contributed by atoms with van der Waals surface area (Å²) in [5.74, 6) is -0.228. The molecule has 1 fully saturated rings. The van der Waals surface area contributed by atoms with Crippen LogP contribution in [-0.2, 0) is 10.0 Å². The third-order valence-corrected chi connectivity index (χ3v) is 4.37. The van der Waals surface area contributed by atoms with Gasteiger partial charge in [-0.3, -0.25) is 4.79 Å². The smallest absolute Gasteiger partial charge is 0.251 e. The van der Waals surface area contributed by atoms with Gasteiger partial charge in [0.1, 0.15) is 4.90 Å². The Labute approximate surface area is 123 Å². The molecule has 0 radical (unpaired) electrons. The fraction of sp³-hybridized carbons (Fsp3) is 0.462. The summed E-state index contributed by atoms with van der Waals surface area (Å²) >= 11 is 0. The maximum Gasteiger partial charge on any atom is 0.251 e. The first-order chi connectivity index (χ1) is 9.86. The molecule has 0 spiro atoms. The summed E-state index contributed by atoms with van der Waals surface area (Å²) in [5, 5.41) is 8.00. The Hall–Kier alpha value is -1.80. The monoisotopic (exact) mass is 314 g/mol. The zero-order valence-electron chi connectivity index (χ0n) is 11.9. The van der Waals surface area contributed by atoms with Crippen LogP contribution in [-0.4, -0.2) is 34.6 Å². The van der Waals surface area contributed by atoms with E-state index in [0.29, 0.717) is 0 Å². The van der Waals surface area contributed by atoms with E-state index in [1.54, 1.807) is 0 Å². The molecule has 1 saturated carbocycles. The fourth-order valence-electron chi connectivity index (χ4n) is 2.09. The number of carbonyl (C=O) groups is 1. The van der Waals surface area contributed by atoms with E-state index < -0.39 is 10.0 Å². The number of hydrogen-bond acceptors (Lipinski definition) is 5. The SMILES string of the molecule is COc1cc(C(=O)NC2CCC2)cc(S(N)(=O)=O)c1OC. The molecular weight excluding hydrogens is 296 g/mol. The normalized spacial score (nSPS) is 15.2. The second-order valence-corrected chi connectivity index (χ2v) is 6.39. The number of amides is 1. The van der Waals surface area contributed by atoms with Crippen LogP contribution in [0.4, 0.5) is 0 Å². The van der Waals surface area contributed by atoms with Crippen molar-refractivity contribution >= 4 is 15.9 Å². The Morgan fingerprint density at radius 1 is 1.29 bits per heavy atom. The van der Waals surface area contributed by atoms with Gasteiger partial charge in [0, 0.05) is 11.6 Å². The first-order valence-electron chi connectivity index (χ1n) is 6.46. The van der Waals surface area contributed by atoms with Gasteiger partial charge < -0.3 is 14.8 Å². The van der Waals surface area contributed by atoms with E-state index in [1.165, 1.54) is 26.4 Å². The summed E-state index contributed by atoms with van der Waals surface area (Å²) < 4.78 is 33.4. The van der Waals surface area contributed by atoms with Gasteiger partial charge in [0.05, 0.1) is 14.2 Å². The standard InChI is InChI=1S/C13H18N2O5S/c1-19-10-6-8(13(16)15-9-4-3-5-9)7-11(12(10)20-2)21(14,17)18/h6-7,9H,3-5H2,1-2H3,(H,15,16)(H2,14,17,18). The lowest BCUT2D eigenvalue weighted by Crippen LogP contribution is -2.39. The molecule has 0 aromatic heterocycles. The van der Waals surface area contributed by atoms with Crippen LogP contribution in [0.1, 0.15) is 29.6 Å². The van der Waals surface area contributed by atoms with Crippen LogP contribution in [0.2, 0.25) is 0 Å². The van der Waals surface area contributed by atoms with Crippen LogP contribution >= 0.6 is 0 Å². The van der Waals surface area contributed by atoms with Gasteiger partial charge in [0.15, 0.2) is 11.5 Å². The summed E-state index contributed by atoms with van der Waals surface area (Å²) in [5.41, 5.74) is 0.170. The van der Waals surface area contributed by atoms with Gasteiger partial charge in [0.2, 0.25) is 10.0 Å². The van der Waals surface area contributed by atoms with Crippen LogP contribution in [0.3, 0.4) is 0 Å². The number of hydrogen-bond donors (Lipinski definition) is 2. The Kier molecular flexibility index (Phi) is 4.38. The molecule has 8 heteroatoms. The zero-order valence-corrected chi connectivity index (χ0v) is 12.7.